The van der Waals surface area contributed by atoms with Crippen LogP contribution in [-0.4, -0.2) is 22.5 Å². The van der Waals surface area contributed by atoms with Gasteiger partial charge in [-0.1, -0.05) is 30.3 Å². The van der Waals surface area contributed by atoms with Gasteiger partial charge >= 0.3 is 0 Å². The summed E-state index contributed by atoms with van der Waals surface area (Å²) in [6, 6.07) is 9.91. The second kappa shape index (κ2) is 5.26. The molecule has 84 valence electrons. The lowest BCUT2D eigenvalue weighted by Crippen LogP contribution is -2.43. The molecule has 0 radical (unpaired) electrons. The van der Waals surface area contributed by atoms with E-state index in [0.29, 0.717) is 6.42 Å². The first-order chi connectivity index (χ1) is 7.11. The van der Waals surface area contributed by atoms with Crippen molar-refractivity contribution in [2.24, 2.45) is 0 Å². The number of aliphatic hydroxyl groups is 1. The monoisotopic (exact) mass is 209 g/mol. The molecule has 0 aromatic heterocycles. The Hall–Kier alpha value is -0.900. The van der Waals surface area contributed by atoms with Crippen molar-refractivity contribution in [2.75, 3.05) is 6.61 Å². The smallest absolute Gasteiger partial charge is 0.0443 e. The van der Waals surface area contributed by atoms with E-state index in [1.165, 1.54) is 0 Å². The summed E-state index contributed by atoms with van der Waals surface area (Å²) < 4.78 is 0. The molecule has 0 amide bonds. The van der Waals surface area contributed by atoms with E-state index in [1.54, 1.807) is 0 Å². The molecule has 3 N–H and O–H groups in total. The van der Waals surface area contributed by atoms with E-state index >= 15 is 0 Å². The van der Waals surface area contributed by atoms with Gasteiger partial charge in [0, 0.05) is 18.1 Å². The molecule has 1 aromatic rings. The van der Waals surface area contributed by atoms with E-state index in [1.807, 2.05) is 44.2 Å². The Kier molecular flexibility index (Phi) is 4.27. The highest BCUT2D eigenvalue weighted by molar-refractivity contribution is 5.23. The lowest BCUT2D eigenvalue weighted by molar-refractivity contribution is 0.0586. The first-order valence-electron chi connectivity index (χ1n) is 5.19. The Morgan fingerprint density at radius 2 is 1.87 bits per heavy atom. The lowest BCUT2D eigenvalue weighted by atomic mass is 9.80. The Balaban J connectivity index is 2.93. The fourth-order valence-corrected chi connectivity index (χ4v) is 1.84. The molecule has 3 heteroatoms. The Morgan fingerprint density at radius 3 is 2.33 bits per heavy atom. The molecule has 0 spiro atoms. The quantitative estimate of drug-likeness (QED) is 0.649. The van der Waals surface area contributed by atoms with Crippen LogP contribution in [0.2, 0.25) is 0 Å². The maximum atomic E-state index is 9.12. The van der Waals surface area contributed by atoms with Gasteiger partial charge in [0.05, 0.1) is 0 Å². The number of aliphatic hydroxyl groups excluding tert-OH is 1. The van der Waals surface area contributed by atoms with Gasteiger partial charge in [-0.2, -0.15) is 5.48 Å². The van der Waals surface area contributed by atoms with Crippen LogP contribution in [0.25, 0.3) is 0 Å². The molecule has 1 atom stereocenters. The Labute approximate surface area is 90.7 Å². The molecule has 0 fully saturated rings. The van der Waals surface area contributed by atoms with Crippen molar-refractivity contribution in [1.82, 2.24) is 5.48 Å². The number of rotatable bonds is 5. The van der Waals surface area contributed by atoms with Crippen LogP contribution in [0.3, 0.4) is 0 Å². The van der Waals surface area contributed by atoms with Crippen LogP contribution in [-0.2, 0) is 0 Å². The molecule has 3 nitrogen and oxygen atoms in total. The van der Waals surface area contributed by atoms with E-state index < -0.39 is 5.54 Å². The van der Waals surface area contributed by atoms with Crippen molar-refractivity contribution < 1.29 is 10.3 Å². The highest BCUT2D eigenvalue weighted by Gasteiger charge is 2.29. The van der Waals surface area contributed by atoms with Crippen LogP contribution < -0.4 is 5.48 Å². The Morgan fingerprint density at radius 1 is 1.27 bits per heavy atom. The van der Waals surface area contributed by atoms with Gasteiger partial charge in [0.2, 0.25) is 0 Å². The van der Waals surface area contributed by atoms with E-state index in [9.17, 15) is 0 Å². The van der Waals surface area contributed by atoms with Crippen molar-refractivity contribution in [3.05, 3.63) is 35.9 Å². The number of hydrogen-bond acceptors (Lipinski definition) is 3. The lowest BCUT2D eigenvalue weighted by Gasteiger charge is -2.33. The third-order valence-electron chi connectivity index (χ3n) is 2.78. The SMILES string of the molecule is CC(C)(NO)C(CCO)c1ccccc1. The average Bonchev–Trinajstić information content (AvgIpc) is 2.27. The van der Waals surface area contributed by atoms with Crippen LogP contribution >= 0.6 is 0 Å². The normalized spacial score (nSPS) is 13.9. The molecule has 1 aromatic carbocycles. The molecule has 0 heterocycles. The van der Waals surface area contributed by atoms with Gasteiger partial charge in [-0.25, -0.2) is 0 Å². The van der Waals surface area contributed by atoms with Gasteiger partial charge in [0.1, 0.15) is 0 Å². The average molecular weight is 209 g/mol. The largest absolute Gasteiger partial charge is 0.396 e. The molecule has 0 saturated carbocycles. The fourth-order valence-electron chi connectivity index (χ4n) is 1.84. The number of hydroxylamine groups is 1. The molecule has 0 aliphatic carbocycles. The summed E-state index contributed by atoms with van der Waals surface area (Å²) in [5.41, 5.74) is 3.00. The summed E-state index contributed by atoms with van der Waals surface area (Å²) in [6.07, 6.45) is 0.630. The minimum atomic E-state index is -0.440. The van der Waals surface area contributed by atoms with Crippen LogP contribution in [0.5, 0.6) is 0 Å². The molecule has 0 aliphatic rings. The molecule has 1 rings (SSSR count). The van der Waals surface area contributed by atoms with Crippen LogP contribution in [0.1, 0.15) is 31.7 Å². The van der Waals surface area contributed by atoms with Crippen molar-refractivity contribution in [3.8, 4) is 0 Å². The second-order valence-corrected chi connectivity index (χ2v) is 4.31. The van der Waals surface area contributed by atoms with Crippen molar-refractivity contribution in [1.29, 1.82) is 0 Å². The summed E-state index contributed by atoms with van der Waals surface area (Å²) in [4.78, 5) is 0. The zero-order valence-corrected chi connectivity index (χ0v) is 9.27. The summed E-state index contributed by atoms with van der Waals surface area (Å²) in [5, 5.41) is 18.2. The van der Waals surface area contributed by atoms with Gasteiger partial charge in [0.25, 0.3) is 0 Å². The minimum absolute atomic E-state index is 0.0914. The highest BCUT2D eigenvalue weighted by atomic mass is 16.5. The summed E-state index contributed by atoms with van der Waals surface area (Å²) in [7, 11) is 0. The molecular formula is C12H19NO2. The maximum Gasteiger partial charge on any atom is 0.0443 e. The van der Waals surface area contributed by atoms with Crippen LogP contribution in [0.15, 0.2) is 30.3 Å². The highest BCUT2D eigenvalue weighted by Crippen LogP contribution is 2.30. The first-order valence-corrected chi connectivity index (χ1v) is 5.19. The van der Waals surface area contributed by atoms with Crippen LogP contribution in [0.4, 0.5) is 0 Å². The topological polar surface area (TPSA) is 52.5 Å². The van der Waals surface area contributed by atoms with Gasteiger partial charge in [0.15, 0.2) is 0 Å². The van der Waals surface area contributed by atoms with Crippen molar-refractivity contribution in [2.45, 2.75) is 31.7 Å². The molecule has 0 aliphatic heterocycles. The molecule has 0 bridgehead atoms. The first kappa shape index (κ1) is 12.2. The fraction of sp³-hybridized carbons (Fsp3) is 0.500. The maximum absolute atomic E-state index is 9.12. The van der Waals surface area contributed by atoms with Gasteiger partial charge in [-0.05, 0) is 25.8 Å². The standard InChI is InChI=1S/C12H19NO2/c1-12(2,13-15)11(8-9-14)10-6-4-3-5-7-10/h3-7,11,13-15H,8-9H2,1-2H3. The molecule has 1 unspecified atom stereocenters. The number of hydrogen-bond donors (Lipinski definition) is 3. The molecular weight excluding hydrogens is 190 g/mol. The summed E-state index contributed by atoms with van der Waals surface area (Å²) in [5.74, 6) is 0.0914. The van der Waals surface area contributed by atoms with Gasteiger partial charge in [-0.15, -0.1) is 0 Å². The summed E-state index contributed by atoms with van der Waals surface area (Å²) in [6.45, 7) is 3.95. The third-order valence-corrected chi connectivity index (χ3v) is 2.78. The minimum Gasteiger partial charge on any atom is -0.396 e. The predicted octanol–water partition coefficient (Wildman–Crippen LogP) is 1.91. The van der Waals surface area contributed by atoms with Crippen molar-refractivity contribution >= 4 is 0 Å². The zero-order chi connectivity index (χ0) is 11.3. The van der Waals surface area contributed by atoms with E-state index in [0.717, 1.165) is 5.56 Å². The van der Waals surface area contributed by atoms with Gasteiger partial charge < -0.3 is 10.3 Å². The third kappa shape index (κ3) is 3.02. The van der Waals surface area contributed by atoms with Crippen LogP contribution in [0, 0.1) is 0 Å². The molecule has 15 heavy (non-hydrogen) atoms. The van der Waals surface area contributed by atoms with Gasteiger partial charge in [-0.3, -0.25) is 0 Å². The Bertz CT molecular complexity index is 285. The zero-order valence-electron chi connectivity index (χ0n) is 9.27. The van der Waals surface area contributed by atoms with E-state index in [4.69, 9.17) is 10.3 Å². The second-order valence-electron chi connectivity index (χ2n) is 4.31. The van der Waals surface area contributed by atoms with E-state index in [2.05, 4.69) is 5.48 Å². The number of nitrogens with one attached hydrogen (secondary N) is 1. The molecule has 0 saturated heterocycles. The number of benzene rings is 1. The van der Waals surface area contributed by atoms with Crippen molar-refractivity contribution in [3.63, 3.8) is 0 Å². The summed E-state index contributed by atoms with van der Waals surface area (Å²) >= 11 is 0. The van der Waals surface area contributed by atoms with E-state index in [-0.39, 0.29) is 12.5 Å². The predicted molar refractivity (Wildman–Crippen MR) is 59.9 cm³/mol.